The highest BCUT2D eigenvalue weighted by molar-refractivity contribution is 8.19. The van der Waals surface area contributed by atoms with E-state index in [0.29, 0.717) is 16.7 Å². The third-order valence-corrected chi connectivity index (χ3v) is 5.93. The molecule has 5 heteroatoms. The van der Waals surface area contributed by atoms with Gasteiger partial charge in [-0.1, -0.05) is 48.5 Å². The van der Waals surface area contributed by atoms with Gasteiger partial charge in [-0.25, -0.2) is 4.99 Å². The van der Waals surface area contributed by atoms with E-state index in [-0.39, 0.29) is 5.91 Å². The summed E-state index contributed by atoms with van der Waals surface area (Å²) < 4.78 is 5.60. The predicted molar refractivity (Wildman–Crippen MR) is 130 cm³/mol. The van der Waals surface area contributed by atoms with E-state index in [2.05, 4.69) is 0 Å². The molecule has 0 bridgehead atoms. The zero-order valence-electron chi connectivity index (χ0n) is 17.8. The van der Waals surface area contributed by atoms with Crippen molar-refractivity contribution in [1.29, 1.82) is 0 Å². The van der Waals surface area contributed by atoms with Crippen LogP contribution in [0.25, 0.3) is 6.08 Å². The number of aryl methyl sites for hydroxylation is 2. The lowest BCUT2D eigenvalue weighted by atomic mass is 10.1. The Bertz CT molecular complexity index is 1180. The first-order chi connectivity index (χ1) is 15.1. The summed E-state index contributed by atoms with van der Waals surface area (Å²) in [5.74, 6) is 0.713. The maximum absolute atomic E-state index is 13.5. The Kier molecular flexibility index (Phi) is 6.23. The molecule has 31 heavy (non-hydrogen) atoms. The van der Waals surface area contributed by atoms with Gasteiger partial charge < -0.3 is 4.74 Å². The number of carbonyl (C=O) groups excluding carboxylic acids is 1. The lowest BCUT2D eigenvalue weighted by Gasteiger charge is -2.18. The number of amides is 1. The van der Waals surface area contributed by atoms with Gasteiger partial charge in [0.1, 0.15) is 5.75 Å². The molecule has 1 aliphatic heterocycles. The Morgan fingerprint density at radius 3 is 2.45 bits per heavy atom. The van der Waals surface area contributed by atoms with Crippen molar-refractivity contribution in [2.75, 3.05) is 11.5 Å². The Labute approximate surface area is 187 Å². The topological polar surface area (TPSA) is 41.9 Å². The van der Waals surface area contributed by atoms with Crippen molar-refractivity contribution in [2.45, 2.75) is 20.8 Å². The molecule has 1 fully saturated rings. The molecule has 0 radical (unpaired) electrons. The molecular formula is C26H24N2O2S. The van der Waals surface area contributed by atoms with Crippen LogP contribution in [0.2, 0.25) is 0 Å². The van der Waals surface area contributed by atoms with Gasteiger partial charge in [0.2, 0.25) is 0 Å². The number of rotatable bonds is 5. The minimum atomic E-state index is -0.0755. The molecule has 4 nitrogen and oxygen atoms in total. The maximum Gasteiger partial charge on any atom is 0.271 e. The fourth-order valence-corrected chi connectivity index (χ4v) is 4.37. The summed E-state index contributed by atoms with van der Waals surface area (Å²) in [5.41, 5.74) is 4.71. The van der Waals surface area contributed by atoms with Crippen LogP contribution in [0.3, 0.4) is 0 Å². The van der Waals surface area contributed by atoms with E-state index < -0.39 is 0 Å². The van der Waals surface area contributed by atoms with Crippen molar-refractivity contribution < 1.29 is 9.53 Å². The molecule has 1 aliphatic rings. The van der Waals surface area contributed by atoms with E-state index in [9.17, 15) is 4.79 Å². The molecule has 0 aromatic heterocycles. The Balaban J connectivity index is 1.78. The molecule has 3 aromatic carbocycles. The predicted octanol–water partition coefficient (Wildman–Crippen LogP) is 6.51. The van der Waals surface area contributed by atoms with Crippen molar-refractivity contribution in [1.82, 2.24) is 0 Å². The fraction of sp³-hybridized carbons (Fsp3) is 0.154. The third kappa shape index (κ3) is 4.57. The number of benzene rings is 3. The molecule has 1 heterocycles. The summed E-state index contributed by atoms with van der Waals surface area (Å²) in [4.78, 5) is 20.7. The van der Waals surface area contributed by atoms with E-state index in [1.54, 1.807) is 4.90 Å². The zero-order chi connectivity index (χ0) is 21.8. The minimum absolute atomic E-state index is 0.0755. The van der Waals surface area contributed by atoms with Gasteiger partial charge in [0.25, 0.3) is 5.91 Å². The molecule has 0 saturated carbocycles. The normalized spacial score (nSPS) is 16.4. The monoisotopic (exact) mass is 428 g/mol. The molecule has 0 unspecified atom stereocenters. The number of nitrogens with zero attached hydrogens (tertiary/aromatic N) is 2. The smallest absolute Gasteiger partial charge is 0.271 e. The van der Waals surface area contributed by atoms with Gasteiger partial charge in [-0.15, -0.1) is 0 Å². The Hall–Kier alpha value is -3.31. The highest BCUT2D eigenvalue weighted by Crippen LogP contribution is 2.39. The van der Waals surface area contributed by atoms with Gasteiger partial charge >= 0.3 is 0 Å². The summed E-state index contributed by atoms with van der Waals surface area (Å²) in [7, 11) is 0. The van der Waals surface area contributed by atoms with Crippen LogP contribution >= 0.6 is 11.8 Å². The Morgan fingerprint density at radius 2 is 1.71 bits per heavy atom. The van der Waals surface area contributed by atoms with Gasteiger partial charge in [-0.2, -0.15) is 0 Å². The number of hydrogen-bond donors (Lipinski definition) is 0. The van der Waals surface area contributed by atoms with E-state index in [4.69, 9.17) is 9.73 Å². The molecular weight excluding hydrogens is 404 g/mol. The summed E-state index contributed by atoms with van der Waals surface area (Å²) >= 11 is 1.39. The van der Waals surface area contributed by atoms with Gasteiger partial charge in [-0.05, 0) is 79.6 Å². The van der Waals surface area contributed by atoms with Crippen LogP contribution < -0.4 is 9.64 Å². The van der Waals surface area contributed by atoms with E-state index in [1.807, 2.05) is 99.6 Å². The minimum Gasteiger partial charge on any atom is -0.494 e. The molecule has 0 aliphatic carbocycles. The largest absolute Gasteiger partial charge is 0.494 e. The average molecular weight is 429 g/mol. The van der Waals surface area contributed by atoms with E-state index in [1.165, 1.54) is 11.8 Å². The maximum atomic E-state index is 13.5. The lowest BCUT2D eigenvalue weighted by molar-refractivity contribution is -0.113. The molecule has 0 atom stereocenters. The van der Waals surface area contributed by atoms with Gasteiger partial charge in [0, 0.05) is 0 Å². The quantitative estimate of drug-likeness (QED) is 0.435. The van der Waals surface area contributed by atoms with E-state index >= 15 is 0 Å². The Morgan fingerprint density at radius 1 is 0.968 bits per heavy atom. The fourth-order valence-electron chi connectivity index (χ4n) is 3.38. The standard InChI is InChI=1S/C26H24N2O2S/c1-4-30-21-13-9-12-20(16-21)17-24-25(29)28(23-15-8-6-11-19(23)3)26(31-24)27-22-14-7-5-10-18(22)2/h5-17H,4H2,1-3H3/b24-17-,27-26?. The van der Waals surface area contributed by atoms with Crippen LogP contribution in [-0.4, -0.2) is 17.7 Å². The molecule has 3 aromatic rings. The van der Waals surface area contributed by atoms with Gasteiger partial charge in [0.05, 0.1) is 22.9 Å². The first-order valence-electron chi connectivity index (χ1n) is 10.2. The lowest BCUT2D eigenvalue weighted by Crippen LogP contribution is -2.29. The van der Waals surface area contributed by atoms with Gasteiger partial charge in [0.15, 0.2) is 5.17 Å². The second-order valence-corrected chi connectivity index (χ2v) is 8.23. The summed E-state index contributed by atoms with van der Waals surface area (Å²) in [6.45, 7) is 6.58. The third-order valence-electron chi connectivity index (χ3n) is 4.96. The zero-order valence-corrected chi connectivity index (χ0v) is 18.6. The average Bonchev–Trinajstić information content (AvgIpc) is 3.05. The number of carbonyl (C=O) groups is 1. The highest BCUT2D eigenvalue weighted by Gasteiger charge is 2.35. The molecule has 0 spiro atoms. The molecule has 1 saturated heterocycles. The number of para-hydroxylation sites is 2. The molecule has 0 N–H and O–H groups in total. The number of anilines is 1. The highest BCUT2D eigenvalue weighted by atomic mass is 32.2. The van der Waals surface area contributed by atoms with Crippen molar-refractivity contribution in [2.24, 2.45) is 4.99 Å². The molecule has 4 rings (SSSR count). The van der Waals surface area contributed by atoms with Crippen molar-refractivity contribution in [3.8, 4) is 5.75 Å². The number of ether oxygens (including phenoxy) is 1. The summed E-state index contributed by atoms with van der Waals surface area (Å²) in [5, 5.41) is 0.654. The van der Waals surface area contributed by atoms with Crippen LogP contribution in [0.4, 0.5) is 11.4 Å². The number of hydrogen-bond acceptors (Lipinski definition) is 4. The van der Waals surface area contributed by atoms with Crippen LogP contribution in [0.5, 0.6) is 5.75 Å². The second kappa shape index (κ2) is 9.23. The van der Waals surface area contributed by atoms with Crippen LogP contribution in [0, 0.1) is 13.8 Å². The second-order valence-electron chi connectivity index (χ2n) is 7.22. The number of aliphatic imine (C=N–C) groups is 1. The molecule has 1 amide bonds. The van der Waals surface area contributed by atoms with Crippen LogP contribution in [0.15, 0.2) is 82.7 Å². The number of thioether (sulfide) groups is 1. The van der Waals surface area contributed by atoms with Crippen molar-refractivity contribution in [3.05, 3.63) is 94.4 Å². The van der Waals surface area contributed by atoms with Crippen molar-refractivity contribution in [3.63, 3.8) is 0 Å². The molecule has 156 valence electrons. The SMILES string of the molecule is CCOc1cccc(/C=C2\SC(=Nc3ccccc3C)N(c3ccccc3C)C2=O)c1. The van der Waals surface area contributed by atoms with Crippen LogP contribution in [-0.2, 0) is 4.79 Å². The van der Waals surface area contributed by atoms with Gasteiger partial charge in [-0.3, -0.25) is 9.69 Å². The van der Waals surface area contributed by atoms with E-state index in [0.717, 1.165) is 33.8 Å². The first-order valence-corrected chi connectivity index (χ1v) is 11.1. The summed E-state index contributed by atoms with van der Waals surface area (Å²) in [6.07, 6.45) is 1.90. The van der Waals surface area contributed by atoms with Crippen molar-refractivity contribution >= 4 is 40.3 Å². The van der Waals surface area contributed by atoms with Crippen LogP contribution in [0.1, 0.15) is 23.6 Å². The number of amidine groups is 1. The summed E-state index contributed by atoms with van der Waals surface area (Å²) in [6, 6.07) is 23.6. The first kappa shape index (κ1) is 20.9.